The lowest BCUT2D eigenvalue weighted by Crippen LogP contribution is -2.18. The number of nitrogens with zero attached hydrogens (tertiary/aromatic N) is 4. The van der Waals surface area contributed by atoms with Crippen LogP contribution in [0.15, 0.2) is 17.8 Å². The third kappa shape index (κ3) is 2.81. The van der Waals surface area contributed by atoms with Gasteiger partial charge in [0.2, 0.25) is 11.7 Å². The summed E-state index contributed by atoms with van der Waals surface area (Å²) in [6.45, 7) is 1.21. The first-order valence-electron chi connectivity index (χ1n) is 3.33. The Bertz CT molecular complexity index is 323. The van der Waals surface area contributed by atoms with E-state index < -0.39 is 5.97 Å². The van der Waals surface area contributed by atoms with Gasteiger partial charge < -0.3 is 10.6 Å². The predicted octanol–water partition coefficient (Wildman–Crippen LogP) is -0.945. The van der Waals surface area contributed by atoms with E-state index in [1.165, 1.54) is 19.6 Å². The van der Waals surface area contributed by atoms with Gasteiger partial charge in [0.25, 0.3) is 0 Å². The second-order valence-corrected chi connectivity index (χ2v) is 2.02. The third-order valence-electron chi connectivity index (χ3n) is 0.995. The quantitative estimate of drug-likeness (QED) is 0.273. The fourth-order valence-electron chi connectivity index (χ4n) is 0.526. The van der Waals surface area contributed by atoms with Gasteiger partial charge in [-0.1, -0.05) is 5.16 Å². The van der Waals surface area contributed by atoms with Crippen molar-refractivity contribution in [2.75, 3.05) is 0 Å². The minimum atomic E-state index is -0.558. The zero-order chi connectivity index (χ0) is 9.68. The molecule has 0 fully saturated rings. The summed E-state index contributed by atoms with van der Waals surface area (Å²) in [5.74, 6) is -0.467. The van der Waals surface area contributed by atoms with Crippen molar-refractivity contribution in [3.63, 3.8) is 0 Å². The lowest BCUT2D eigenvalue weighted by atomic mass is 10.6. The van der Waals surface area contributed by atoms with Gasteiger partial charge in [-0.15, -0.1) is 0 Å². The molecule has 0 aliphatic heterocycles. The van der Waals surface area contributed by atoms with Crippen molar-refractivity contribution in [2.24, 2.45) is 10.9 Å². The van der Waals surface area contributed by atoms with E-state index in [-0.39, 0.29) is 11.7 Å². The molecule has 13 heavy (non-hydrogen) atoms. The van der Waals surface area contributed by atoms with Crippen LogP contribution in [-0.2, 0) is 9.63 Å². The Labute approximate surface area is 73.6 Å². The highest BCUT2D eigenvalue weighted by molar-refractivity contribution is 5.93. The lowest BCUT2D eigenvalue weighted by molar-refractivity contribution is -0.140. The topological polar surface area (TPSA) is 103 Å². The van der Waals surface area contributed by atoms with Crippen molar-refractivity contribution in [3.8, 4) is 0 Å². The van der Waals surface area contributed by atoms with Crippen molar-refractivity contribution in [2.45, 2.75) is 6.92 Å². The Balaban J connectivity index is 2.73. The third-order valence-corrected chi connectivity index (χ3v) is 0.995. The van der Waals surface area contributed by atoms with Crippen LogP contribution in [0.25, 0.3) is 0 Å². The highest BCUT2D eigenvalue weighted by Gasteiger charge is 2.01. The molecule has 1 aromatic rings. The first-order chi connectivity index (χ1) is 6.20. The number of oxime groups is 1. The smallest absolute Gasteiger partial charge is 0.332 e. The molecule has 0 spiro atoms. The minimum Gasteiger partial charge on any atom is -0.378 e. The van der Waals surface area contributed by atoms with Gasteiger partial charge >= 0.3 is 5.97 Å². The molecule has 0 aromatic carbocycles. The van der Waals surface area contributed by atoms with Crippen LogP contribution >= 0.6 is 0 Å². The van der Waals surface area contributed by atoms with E-state index in [2.05, 4.69) is 24.9 Å². The average molecular weight is 181 g/mol. The van der Waals surface area contributed by atoms with Crippen LogP contribution in [0.4, 0.5) is 0 Å². The molecule has 0 amide bonds. The van der Waals surface area contributed by atoms with E-state index in [1.807, 2.05) is 0 Å². The van der Waals surface area contributed by atoms with Crippen LogP contribution in [0.2, 0.25) is 0 Å². The zero-order valence-corrected chi connectivity index (χ0v) is 6.84. The Morgan fingerprint density at radius 1 is 1.54 bits per heavy atom. The minimum absolute atomic E-state index is 0.0717. The maximum atomic E-state index is 10.3. The maximum absolute atomic E-state index is 10.3. The van der Waals surface area contributed by atoms with E-state index in [0.29, 0.717) is 0 Å². The van der Waals surface area contributed by atoms with Crippen LogP contribution in [-0.4, -0.2) is 26.8 Å². The molecule has 1 rings (SSSR count). The molecule has 0 saturated heterocycles. The number of carbonyl (C=O) groups is 1. The summed E-state index contributed by atoms with van der Waals surface area (Å²) in [4.78, 5) is 25.6. The van der Waals surface area contributed by atoms with Crippen LogP contribution in [0.1, 0.15) is 12.7 Å². The molecule has 7 heteroatoms. The van der Waals surface area contributed by atoms with E-state index >= 15 is 0 Å². The zero-order valence-electron chi connectivity index (χ0n) is 6.84. The van der Waals surface area contributed by atoms with Gasteiger partial charge in [0, 0.05) is 6.92 Å². The molecular weight excluding hydrogens is 174 g/mol. The molecule has 0 saturated carbocycles. The normalized spacial score (nSPS) is 11.0. The van der Waals surface area contributed by atoms with E-state index in [4.69, 9.17) is 5.73 Å². The summed E-state index contributed by atoms with van der Waals surface area (Å²) < 4.78 is 0. The van der Waals surface area contributed by atoms with Crippen molar-refractivity contribution < 1.29 is 9.63 Å². The molecule has 2 N–H and O–H groups in total. The van der Waals surface area contributed by atoms with E-state index in [0.717, 1.165) is 0 Å². The Morgan fingerprint density at radius 3 is 2.69 bits per heavy atom. The number of hydrogen-bond donors (Lipinski definition) is 1. The highest BCUT2D eigenvalue weighted by atomic mass is 16.7. The van der Waals surface area contributed by atoms with Crippen LogP contribution in [0.5, 0.6) is 0 Å². The molecule has 0 bridgehead atoms. The van der Waals surface area contributed by atoms with Crippen molar-refractivity contribution in [1.82, 2.24) is 15.0 Å². The summed E-state index contributed by atoms with van der Waals surface area (Å²) >= 11 is 0. The summed E-state index contributed by atoms with van der Waals surface area (Å²) in [6, 6.07) is 0. The van der Waals surface area contributed by atoms with Gasteiger partial charge in [0.15, 0.2) is 0 Å². The Kier molecular flexibility index (Phi) is 2.85. The first kappa shape index (κ1) is 9.04. The number of hydrogen-bond acceptors (Lipinski definition) is 6. The average Bonchev–Trinajstić information content (AvgIpc) is 2.15. The number of amidine groups is 1. The van der Waals surface area contributed by atoms with Gasteiger partial charge in [-0.25, -0.2) is 19.7 Å². The molecule has 0 atom stereocenters. The van der Waals surface area contributed by atoms with Crippen molar-refractivity contribution in [1.29, 1.82) is 0 Å². The lowest BCUT2D eigenvalue weighted by Gasteiger charge is -1.95. The molecule has 0 aliphatic rings. The van der Waals surface area contributed by atoms with Gasteiger partial charge in [0.1, 0.15) is 12.7 Å². The Morgan fingerprint density at radius 2 is 2.15 bits per heavy atom. The van der Waals surface area contributed by atoms with Crippen molar-refractivity contribution >= 4 is 11.8 Å². The first-order valence-corrected chi connectivity index (χ1v) is 3.33. The SMILES string of the molecule is CC(=O)O/N=C(\N)c1ncncn1. The Hall–Kier alpha value is -2.05. The summed E-state index contributed by atoms with van der Waals surface area (Å²) in [6.07, 6.45) is 2.52. The predicted molar refractivity (Wildman–Crippen MR) is 42.3 cm³/mol. The molecule has 1 aromatic heterocycles. The number of carbonyl (C=O) groups excluding carboxylic acids is 1. The summed E-state index contributed by atoms with van der Waals surface area (Å²) in [5, 5.41) is 3.29. The van der Waals surface area contributed by atoms with Gasteiger partial charge in [-0.2, -0.15) is 0 Å². The van der Waals surface area contributed by atoms with E-state index in [1.54, 1.807) is 0 Å². The summed E-state index contributed by atoms with van der Waals surface area (Å²) in [5.41, 5.74) is 5.36. The van der Waals surface area contributed by atoms with Gasteiger partial charge in [0.05, 0.1) is 0 Å². The van der Waals surface area contributed by atoms with E-state index in [9.17, 15) is 4.79 Å². The molecule has 0 radical (unpaired) electrons. The standard InChI is InChI=1S/C6H7N5O2/c1-4(12)13-11-5(7)6-9-2-8-3-10-6/h2-3H,1H3,(H2,7,11). The number of nitrogens with two attached hydrogens (primary N) is 1. The second-order valence-electron chi connectivity index (χ2n) is 2.02. The fourth-order valence-corrected chi connectivity index (χ4v) is 0.526. The fraction of sp³-hybridized carbons (Fsp3) is 0.167. The maximum Gasteiger partial charge on any atom is 0.332 e. The largest absolute Gasteiger partial charge is 0.378 e. The summed E-state index contributed by atoms with van der Waals surface area (Å²) in [7, 11) is 0. The van der Waals surface area contributed by atoms with Gasteiger partial charge in [-0.3, -0.25) is 0 Å². The van der Waals surface area contributed by atoms with Crippen molar-refractivity contribution in [3.05, 3.63) is 18.5 Å². The molecule has 1 heterocycles. The monoisotopic (exact) mass is 181 g/mol. The van der Waals surface area contributed by atoms with Gasteiger partial charge in [-0.05, 0) is 0 Å². The number of aromatic nitrogens is 3. The molecular formula is C6H7N5O2. The van der Waals surface area contributed by atoms with Crippen LogP contribution < -0.4 is 5.73 Å². The van der Waals surface area contributed by atoms with Crippen LogP contribution in [0.3, 0.4) is 0 Å². The molecule has 0 unspecified atom stereocenters. The highest BCUT2D eigenvalue weighted by Crippen LogP contribution is 1.86. The molecule has 0 aliphatic carbocycles. The van der Waals surface area contributed by atoms with Crippen LogP contribution in [0, 0.1) is 0 Å². The second kappa shape index (κ2) is 4.10. The molecule has 7 nitrogen and oxygen atoms in total. The molecule has 68 valence electrons. The number of rotatable bonds is 2.